The molecule has 0 spiro atoms. The van der Waals surface area contributed by atoms with E-state index in [4.69, 9.17) is 4.74 Å². The highest BCUT2D eigenvalue weighted by molar-refractivity contribution is 7.89. The quantitative estimate of drug-likeness (QED) is 0.877. The fourth-order valence-electron chi connectivity index (χ4n) is 2.91. The van der Waals surface area contributed by atoms with Crippen molar-refractivity contribution in [2.24, 2.45) is 0 Å². The number of hydrogen-bond donors (Lipinski definition) is 2. The molecule has 0 aliphatic carbocycles. The molecule has 2 atom stereocenters. The van der Waals surface area contributed by atoms with Crippen molar-refractivity contribution in [3.8, 4) is 0 Å². The molecule has 0 saturated carbocycles. The van der Waals surface area contributed by atoms with Gasteiger partial charge in [-0.05, 0) is 49.9 Å². The highest BCUT2D eigenvalue weighted by Gasteiger charge is 2.27. The van der Waals surface area contributed by atoms with Crippen LogP contribution in [0.2, 0.25) is 0 Å². The van der Waals surface area contributed by atoms with Crippen LogP contribution in [0.3, 0.4) is 0 Å². The van der Waals surface area contributed by atoms with Gasteiger partial charge in [0.1, 0.15) is 0 Å². The van der Waals surface area contributed by atoms with Crippen molar-refractivity contribution in [1.29, 1.82) is 0 Å². The molecule has 0 bridgehead atoms. The number of carbonyl (C=O) groups is 1. The van der Waals surface area contributed by atoms with Crippen molar-refractivity contribution < 1.29 is 17.9 Å². The third-order valence-corrected chi connectivity index (χ3v) is 5.70. The molecule has 120 valence electrons. The number of nitrogens with one attached hydrogen (secondary N) is 2. The van der Waals surface area contributed by atoms with Crippen LogP contribution in [0.4, 0.5) is 5.69 Å². The molecule has 3 rings (SSSR count). The van der Waals surface area contributed by atoms with Crippen molar-refractivity contribution in [2.45, 2.75) is 49.6 Å². The van der Waals surface area contributed by atoms with Crippen LogP contribution in [0, 0.1) is 0 Å². The summed E-state index contributed by atoms with van der Waals surface area (Å²) in [4.78, 5) is 11.6. The molecule has 2 heterocycles. The smallest absolute Gasteiger partial charge is 0.240 e. The van der Waals surface area contributed by atoms with E-state index in [1.807, 2.05) is 6.92 Å². The molecule has 1 aromatic carbocycles. The van der Waals surface area contributed by atoms with Crippen LogP contribution in [0.15, 0.2) is 23.1 Å². The predicted octanol–water partition coefficient (Wildman–Crippen LogP) is 1.42. The van der Waals surface area contributed by atoms with Gasteiger partial charge in [0, 0.05) is 24.8 Å². The summed E-state index contributed by atoms with van der Waals surface area (Å²) in [6.07, 6.45) is 2.73. The number of aryl methyl sites for hydroxylation is 1. The lowest BCUT2D eigenvalue weighted by Crippen LogP contribution is -2.40. The van der Waals surface area contributed by atoms with E-state index in [1.165, 1.54) is 6.07 Å². The number of sulfonamides is 1. The molecule has 0 radical (unpaired) electrons. The third kappa shape index (κ3) is 3.16. The zero-order valence-electron chi connectivity index (χ0n) is 12.5. The van der Waals surface area contributed by atoms with Crippen molar-refractivity contribution in [2.75, 3.05) is 11.9 Å². The van der Waals surface area contributed by atoms with E-state index in [2.05, 4.69) is 10.0 Å². The normalized spacial score (nSPS) is 23.0. The molecular weight excluding hydrogens is 304 g/mol. The van der Waals surface area contributed by atoms with Gasteiger partial charge >= 0.3 is 0 Å². The monoisotopic (exact) mass is 324 g/mol. The Hall–Kier alpha value is -1.44. The molecule has 2 aliphatic heterocycles. The number of fused-ring (bicyclic) bond motifs is 1. The first-order chi connectivity index (χ1) is 10.5. The maximum absolute atomic E-state index is 12.5. The van der Waals surface area contributed by atoms with E-state index < -0.39 is 10.0 Å². The number of benzene rings is 1. The topological polar surface area (TPSA) is 84.5 Å². The average molecular weight is 324 g/mol. The van der Waals surface area contributed by atoms with Crippen LogP contribution in [-0.4, -0.2) is 33.1 Å². The van der Waals surface area contributed by atoms with E-state index in [0.717, 1.165) is 18.4 Å². The van der Waals surface area contributed by atoms with Gasteiger partial charge in [0.25, 0.3) is 0 Å². The Balaban J connectivity index is 1.78. The summed E-state index contributed by atoms with van der Waals surface area (Å²) >= 11 is 0. The maximum atomic E-state index is 12.5. The van der Waals surface area contributed by atoms with Crippen LogP contribution in [-0.2, 0) is 26.0 Å². The van der Waals surface area contributed by atoms with Crippen molar-refractivity contribution >= 4 is 21.6 Å². The van der Waals surface area contributed by atoms with Gasteiger partial charge in [0.15, 0.2) is 0 Å². The molecule has 1 amide bonds. The van der Waals surface area contributed by atoms with Gasteiger partial charge in [-0.15, -0.1) is 0 Å². The van der Waals surface area contributed by atoms with Crippen LogP contribution >= 0.6 is 0 Å². The Morgan fingerprint density at radius 1 is 1.36 bits per heavy atom. The summed E-state index contributed by atoms with van der Waals surface area (Å²) in [5, 5.41) is 2.75. The molecule has 2 unspecified atom stereocenters. The first-order valence-corrected chi connectivity index (χ1v) is 9.01. The summed E-state index contributed by atoms with van der Waals surface area (Å²) in [5.41, 5.74) is 1.55. The minimum Gasteiger partial charge on any atom is -0.377 e. The van der Waals surface area contributed by atoms with E-state index in [-0.39, 0.29) is 22.9 Å². The maximum Gasteiger partial charge on any atom is 0.240 e. The molecule has 1 aromatic rings. The fraction of sp³-hybridized carbons (Fsp3) is 0.533. The molecule has 6 nitrogen and oxygen atoms in total. The number of hydrogen-bond acceptors (Lipinski definition) is 4. The molecule has 0 aromatic heterocycles. The highest BCUT2D eigenvalue weighted by atomic mass is 32.2. The molecule has 2 N–H and O–H groups in total. The lowest BCUT2D eigenvalue weighted by atomic mass is 10.0. The standard InChI is InChI=1S/C15H20N2O4S/c1-10(14-3-2-8-21-14)17-22(19,20)12-5-6-13-11(9-12)4-7-15(18)16-13/h5-6,9-10,14,17H,2-4,7-8H2,1H3,(H,16,18). The van der Waals surface area contributed by atoms with E-state index >= 15 is 0 Å². The molecular formula is C15H20N2O4S. The Morgan fingerprint density at radius 3 is 2.91 bits per heavy atom. The molecule has 7 heteroatoms. The van der Waals surface area contributed by atoms with E-state index in [1.54, 1.807) is 12.1 Å². The summed E-state index contributed by atoms with van der Waals surface area (Å²) in [6.45, 7) is 2.52. The average Bonchev–Trinajstić information content (AvgIpc) is 3.00. The number of amides is 1. The van der Waals surface area contributed by atoms with Gasteiger partial charge in [-0.2, -0.15) is 0 Å². The summed E-state index contributed by atoms with van der Waals surface area (Å²) in [7, 11) is -3.59. The first kappa shape index (κ1) is 15.5. The van der Waals surface area contributed by atoms with Gasteiger partial charge in [0.2, 0.25) is 15.9 Å². The van der Waals surface area contributed by atoms with Gasteiger partial charge < -0.3 is 10.1 Å². The van der Waals surface area contributed by atoms with E-state index in [9.17, 15) is 13.2 Å². The number of ether oxygens (including phenoxy) is 1. The van der Waals surface area contributed by atoms with Gasteiger partial charge in [-0.3, -0.25) is 4.79 Å². The zero-order valence-corrected chi connectivity index (χ0v) is 13.3. The van der Waals surface area contributed by atoms with Gasteiger partial charge in [-0.1, -0.05) is 0 Å². The summed E-state index contributed by atoms with van der Waals surface area (Å²) in [5.74, 6) is -0.0340. The molecule has 2 aliphatic rings. The zero-order chi connectivity index (χ0) is 15.7. The predicted molar refractivity (Wildman–Crippen MR) is 82.2 cm³/mol. The lowest BCUT2D eigenvalue weighted by Gasteiger charge is -2.21. The van der Waals surface area contributed by atoms with E-state index in [0.29, 0.717) is 25.1 Å². The third-order valence-electron chi connectivity index (χ3n) is 4.15. The summed E-state index contributed by atoms with van der Waals surface area (Å²) in [6, 6.07) is 4.55. The van der Waals surface area contributed by atoms with Crippen molar-refractivity contribution in [3.05, 3.63) is 23.8 Å². The van der Waals surface area contributed by atoms with Crippen LogP contribution in [0.25, 0.3) is 0 Å². The number of anilines is 1. The molecule has 1 fully saturated rings. The molecule has 22 heavy (non-hydrogen) atoms. The lowest BCUT2D eigenvalue weighted by molar-refractivity contribution is -0.116. The van der Waals surface area contributed by atoms with Crippen molar-refractivity contribution in [1.82, 2.24) is 4.72 Å². The van der Waals surface area contributed by atoms with Gasteiger partial charge in [-0.25, -0.2) is 13.1 Å². The second-order valence-electron chi connectivity index (χ2n) is 5.83. The molecule has 1 saturated heterocycles. The first-order valence-electron chi connectivity index (χ1n) is 7.52. The highest BCUT2D eigenvalue weighted by Crippen LogP contribution is 2.26. The minimum atomic E-state index is -3.59. The van der Waals surface area contributed by atoms with Crippen LogP contribution in [0.5, 0.6) is 0 Å². The van der Waals surface area contributed by atoms with Gasteiger partial charge in [0.05, 0.1) is 11.0 Å². The van der Waals surface area contributed by atoms with Crippen molar-refractivity contribution in [3.63, 3.8) is 0 Å². The Kier molecular flexibility index (Phi) is 4.20. The fourth-order valence-corrected chi connectivity index (χ4v) is 4.23. The summed E-state index contributed by atoms with van der Waals surface area (Å²) < 4.78 is 33.2. The second kappa shape index (κ2) is 5.98. The largest absolute Gasteiger partial charge is 0.377 e. The minimum absolute atomic E-state index is 0.0340. The van der Waals surface area contributed by atoms with Crippen LogP contribution in [0.1, 0.15) is 31.7 Å². The number of rotatable bonds is 4. The Bertz CT molecular complexity index is 681. The Morgan fingerprint density at radius 2 is 2.18 bits per heavy atom. The second-order valence-corrected chi connectivity index (χ2v) is 7.54. The number of carbonyl (C=O) groups excluding carboxylic acids is 1. The Labute approximate surface area is 130 Å². The SMILES string of the molecule is CC(NS(=O)(=O)c1ccc2c(c1)CCC(=O)N2)C1CCCO1. The van der Waals surface area contributed by atoms with Crippen LogP contribution < -0.4 is 10.0 Å².